The van der Waals surface area contributed by atoms with Crippen molar-refractivity contribution in [2.45, 2.75) is 38.1 Å². The van der Waals surface area contributed by atoms with Crippen molar-refractivity contribution in [2.24, 2.45) is 5.92 Å². The third kappa shape index (κ3) is 1.92. The van der Waals surface area contributed by atoms with Crippen LogP contribution in [0.3, 0.4) is 0 Å². The van der Waals surface area contributed by atoms with Gasteiger partial charge < -0.3 is 10.2 Å². The third-order valence-corrected chi connectivity index (χ3v) is 3.63. The molecule has 1 saturated carbocycles. The molecule has 3 nitrogen and oxygen atoms in total. The van der Waals surface area contributed by atoms with Gasteiger partial charge in [0, 0.05) is 19.6 Å². The van der Waals surface area contributed by atoms with Crippen molar-refractivity contribution in [2.75, 3.05) is 20.1 Å². The summed E-state index contributed by atoms with van der Waals surface area (Å²) in [6.45, 7) is 1.89. The summed E-state index contributed by atoms with van der Waals surface area (Å²) in [6.07, 6.45) is 6.04. The molecule has 1 aliphatic carbocycles. The molecule has 1 N–H and O–H groups in total. The van der Waals surface area contributed by atoms with Gasteiger partial charge in [0.1, 0.15) is 0 Å². The van der Waals surface area contributed by atoms with Crippen LogP contribution in [0, 0.1) is 5.92 Å². The Bertz CT molecular complexity index is 205. The van der Waals surface area contributed by atoms with Crippen molar-refractivity contribution in [1.29, 1.82) is 0 Å². The van der Waals surface area contributed by atoms with Gasteiger partial charge in [-0.25, -0.2) is 0 Å². The molecular formula is C11H20N2O. The van der Waals surface area contributed by atoms with E-state index in [-0.39, 0.29) is 5.92 Å². The Kier molecular flexibility index (Phi) is 3.06. The van der Waals surface area contributed by atoms with Gasteiger partial charge in [-0.15, -0.1) is 0 Å². The number of carbonyl (C=O) groups excluding carboxylic acids is 1. The first kappa shape index (κ1) is 9.97. The van der Waals surface area contributed by atoms with E-state index in [1.54, 1.807) is 0 Å². The van der Waals surface area contributed by atoms with Crippen LogP contribution in [0.15, 0.2) is 0 Å². The van der Waals surface area contributed by atoms with Gasteiger partial charge >= 0.3 is 0 Å². The number of carbonyl (C=O) groups is 1. The van der Waals surface area contributed by atoms with Gasteiger partial charge in [0.25, 0.3) is 0 Å². The lowest BCUT2D eigenvalue weighted by molar-refractivity contribution is -0.135. The van der Waals surface area contributed by atoms with E-state index in [2.05, 4.69) is 5.32 Å². The fourth-order valence-corrected chi connectivity index (χ4v) is 2.62. The van der Waals surface area contributed by atoms with E-state index in [0.717, 1.165) is 19.5 Å². The maximum absolute atomic E-state index is 12.0. The molecule has 1 amide bonds. The van der Waals surface area contributed by atoms with Gasteiger partial charge in [-0.05, 0) is 25.8 Å². The fourth-order valence-electron chi connectivity index (χ4n) is 2.62. The number of amides is 1. The highest BCUT2D eigenvalue weighted by atomic mass is 16.2. The van der Waals surface area contributed by atoms with Crippen molar-refractivity contribution >= 4 is 5.91 Å². The van der Waals surface area contributed by atoms with Crippen LogP contribution in [0.1, 0.15) is 32.1 Å². The minimum atomic E-state index is 0.251. The second-order valence-electron chi connectivity index (χ2n) is 4.58. The van der Waals surface area contributed by atoms with Crippen LogP contribution in [0.2, 0.25) is 0 Å². The first-order valence-electron chi connectivity index (χ1n) is 5.76. The molecule has 2 fully saturated rings. The van der Waals surface area contributed by atoms with Crippen LogP contribution in [0.4, 0.5) is 0 Å². The van der Waals surface area contributed by atoms with Crippen LogP contribution < -0.4 is 5.32 Å². The predicted molar refractivity (Wildman–Crippen MR) is 56.0 cm³/mol. The lowest BCUT2D eigenvalue weighted by Crippen LogP contribution is -2.40. The molecule has 1 atom stereocenters. The summed E-state index contributed by atoms with van der Waals surface area (Å²) in [5, 5.41) is 3.25. The van der Waals surface area contributed by atoms with Crippen molar-refractivity contribution in [3.63, 3.8) is 0 Å². The van der Waals surface area contributed by atoms with Crippen molar-refractivity contribution in [3.05, 3.63) is 0 Å². The van der Waals surface area contributed by atoms with E-state index in [4.69, 9.17) is 0 Å². The molecule has 0 radical (unpaired) electrons. The molecule has 2 aliphatic rings. The molecule has 0 aromatic rings. The number of rotatable bonds is 2. The second-order valence-corrected chi connectivity index (χ2v) is 4.58. The summed E-state index contributed by atoms with van der Waals surface area (Å²) >= 11 is 0. The van der Waals surface area contributed by atoms with Crippen LogP contribution in [0.25, 0.3) is 0 Å². The van der Waals surface area contributed by atoms with Crippen LogP contribution in [0.5, 0.6) is 0 Å². The van der Waals surface area contributed by atoms with Crippen LogP contribution in [-0.4, -0.2) is 37.0 Å². The summed E-state index contributed by atoms with van der Waals surface area (Å²) in [6, 6.07) is 0.531. The number of nitrogens with zero attached hydrogens (tertiary/aromatic N) is 1. The zero-order valence-electron chi connectivity index (χ0n) is 8.96. The summed E-state index contributed by atoms with van der Waals surface area (Å²) in [5.74, 6) is 0.613. The zero-order chi connectivity index (χ0) is 9.97. The van der Waals surface area contributed by atoms with E-state index in [1.807, 2.05) is 11.9 Å². The van der Waals surface area contributed by atoms with Gasteiger partial charge in [-0.1, -0.05) is 12.8 Å². The minimum Gasteiger partial charge on any atom is -0.342 e. The quantitative estimate of drug-likeness (QED) is 0.714. The highest BCUT2D eigenvalue weighted by molar-refractivity contribution is 5.79. The van der Waals surface area contributed by atoms with E-state index in [9.17, 15) is 4.79 Å². The monoisotopic (exact) mass is 196 g/mol. The molecule has 0 aromatic heterocycles. The number of hydrogen-bond acceptors (Lipinski definition) is 2. The Hall–Kier alpha value is -0.570. The summed E-state index contributed by atoms with van der Waals surface area (Å²) in [7, 11) is 1.98. The topological polar surface area (TPSA) is 32.3 Å². The first-order valence-corrected chi connectivity index (χ1v) is 5.76. The van der Waals surface area contributed by atoms with E-state index >= 15 is 0 Å². The predicted octanol–water partition coefficient (Wildman–Crippen LogP) is 0.997. The van der Waals surface area contributed by atoms with Gasteiger partial charge in [-0.3, -0.25) is 4.79 Å². The molecule has 2 rings (SSSR count). The van der Waals surface area contributed by atoms with Gasteiger partial charge in [-0.2, -0.15) is 0 Å². The maximum atomic E-state index is 12.0. The Balaban J connectivity index is 1.89. The molecule has 0 aromatic carbocycles. The Morgan fingerprint density at radius 3 is 2.57 bits per heavy atom. The third-order valence-electron chi connectivity index (χ3n) is 3.63. The second kappa shape index (κ2) is 4.30. The minimum absolute atomic E-state index is 0.251. The molecular weight excluding hydrogens is 176 g/mol. The first-order chi connectivity index (χ1) is 6.79. The fraction of sp³-hybridized carbons (Fsp3) is 0.909. The zero-order valence-corrected chi connectivity index (χ0v) is 8.96. The summed E-state index contributed by atoms with van der Waals surface area (Å²) < 4.78 is 0. The molecule has 14 heavy (non-hydrogen) atoms. The Labute approximate surface area is 85.8 Å². The number of hydrogen-bond donors (Lipinski definition) is 1. The van der Waals surface area contributed by atoms with Crippen molar-refractivity contribution < 1.29 is 4.79 Å². The molecule has 1 saturated heterocycles. The van der Waals surface area contributed by atoms with E-state index < -0.39 is 0 Å². The van der Waals surface area contributed by atoms with E-state index in [1.165, 1.54) is 25.7 Å². The molecule has 0 spiro atoms. The standard InChI is InChI=1S/C11H20N2O/c1-13(10-4-2-3-5-10)11(14)9-6-7-12-8-9/h9-10,12H,2-8H2,1H3. The molecule has 1 unspecified atom stereocenters. The average molecular weight is 196 g/mol. The smallest absolute Gasteiger partial charge is 0.227 e. The highest BCUT2D eigenvalue weighted by Gasteiger charge is 2.30. The Morgan fingerprint density at radius 2 is 2.00 bits per heavy atom. The lowest BCUT2D eigenvalue weighted by atomic mass is 10.1. The van der Waals surface area contributed by atoms with Gasteiger partial charge in [0.15, 0.2) is 0 Å². The lowest BCUT2D eigenvalue weighted by Gasteiger charge is -2.26. The van der Waals surface area contributed by atoms with Gasteiger partial charge in [0.05, 0.1) is 5.92 Å². The van der Waals surface area contributed by atoms with Crippen LogP contribution >= 0.6 is 0 Å². The van der Waals surface area contributed by atoms with Crippen LogP contribution in [-0.2, 0) is 4.79 Å². The number of nitrogens with one attached hydrogen (secondary N) is 1. The summed E-state index contributed by atoms with van der Waals surface area (Å²) in [4.78, 5) is 14.0. The van der Waals surface area contributed by atoms with Crippen molar-refractivity contribution in [3.8, 4) is 0 Å². The molecule has 3 heteroatoms. The molecule has 1 heterocycles. The molecule has 1 aliphatic heterocycles. The largest absolute Gasteiger partial charge is 0.342 e. The Morgan fingerprint density at radius 1 is 1.29 bits per heavy atom. The van der Waals surface area contributed by atoms with Crippen molar-refractivity contribution in [1.82, 2.24) is 10.2 Å². The maximum Gasteiger partial charge on any atom is 0.227 e. The molecule has 0 bridgehead atoms. The highest BCUT2D eigenvalue weighted by Crippen LogP contribution is 2.24. The average Bonchev–Trinajstić information content (AvgIpc) is 2.87. The summed E-state index contributed by atoms with van der Waals surface area (Å²) in [5.41, 5.74) is 0. The van der Waals surface area contributed by atoms with Gasteiger partial charge in [0.2, 0.25) is 5.91 Å². The SMILES string of the molecule is CN(C(=O)C1CCNC1)C1CCCC1. The molecule has 80 valence electrons. The normalized spacial score (nSPS) is 28.2. The van der Waals surface area contributed by atoms with E-state index in [0.29, 0.717) is 11.9 Å².